The molecular weight excluding hydrogens is 424 g/mol. The van der Waals surface area contributed by atoms with Gasteiger partial charge in [-0.15, -0.1) is 0 Å². The van der Waals surface area contributed by atoms with Crippen LogP contribution in [0.1, 0.15) is 32.0 Å². The SMILES string of the molecule is COc1ccc(Cl)cc1S(=O)(=O)N1CC[C@H](c2nc3ccncc3n2CC(C)C)C1. The van der Waals surface area contributed by atoms with Gasteiger partial charge in [0.2, 0.25) is 10.0 Å². The van der Waals surface area contributed by atoms with Gasteiger partial charge in [-0.1, -0.05) is 25.4 Å². The molecule has 1 atom stereocenters. The molecule has 0 saturated carbocycles. The zero-order valence-corrected chi connectivity index (χ0v) is 18.8. The van der Waals surface area contributed by atoms with Crippen molar-refractivity contribution in [3.63, 3.8) is 0 Å². The lowest BCUT2D eigenvalue weighted by atomic mass is 10.1. The van der Waals surface area contributed by atoms with Crippen molar-refractivity contribution in [1.29, 1.82) is 0 Å². The molecule has 1 aliphatic heterocycles. The summed E-state index contributed by atoms with van der Waals surface area (Å²) in [4.78, 5) is 9.18. The molecule has 1 aromatic carbocycles. The van der Waals surface area contributed by atoms with E-state index in [-0.39, 0.29) is 10.8 Å². The first-order chi connectivity index (χ1) is 14.3. The highest BCUT2D eigenvalue weighted by atomic mass is 35.5. The van der Waals surface area contributed by atoms with E-state index in [4.69, 9.17) is 21.3 Å². The van der Waals surface area contributed by atoms with E-state index in [1.54, 1.807) is 18.3 Å². The number of aromatic nitrogens is 3. The van der Waals surface area contributed by atoms with Crippen molar-refractivity contribution in [2.45, 2.75) is 37.6 Å². The topological polar surface area (TPSA) is 77.3 Å². The number of hydrogen-bond donors (Lipinski definition) is 0. The lowest BCUT2D eigenvalue weighted by molar-refractivity contribution is 0.398. The second-order valence-electron chi connectivity index (χ2n) is 7.98. The molecule has 0 aliphatic carbocycles. The molecule has 0 radical (unpaired) electrons. The first kappa shape index (κ1) is 21.1. The Balaban J connectivity index is 1.68. The van der Waals surface area contributed by atoms with Crippen molar-refractivity contribution < 1.29 is 13.2 Å². The Labute approximate surface area is 181 Å². The highest BCUT2D eigenvalue weighted by Gasteiger charge is 2.37. The number of fused-ring (bicyclic) bond motifs is 1. The van der Waals surface area contributed by atoms with Crippen molar-refractivity contribution in [2.75, 3.05) is 20.2 Å². The molecule has 1 saturated heterocycles. The van der Waals surface area contributed by atoms with Crippen LogP contribution < -0.4 is 4.74 Å². The summed E-state index contributed by atoms with van der Waals surface area (Å²) < 4.78 is 35.6. The molecule has 1 fully saturated rings. The zero-order valence-electron chi connectivity index (χ0n) is 17.2. The molecule has 0 unspecified atom stereocenters. The van der Waals surface area contributed by atoms with Crippen LogP contribution in [0.3, 0.4) is 0 Å². The molecule has 9 heteroatoms. The molecule has 0 N–H and O–H groups in total. The summed E-state index contributed by atoms with van der Waals surface area (Å²) in [5, 5.41) is 0.358. The summed E-state index contributed by atoms with van der Waals surface area (Å²) in [5.41, 5.74) is 1.87. The average Bonchev–Trinajstić information content (AvgIpc) is 3.33. The molecule has 0 spiro atoms. The monoisotopic (exact) mass is 448 g/mol. The summed E-state index contributed by atoms with van der Waals surface area (Å²) in [6, 6.07) is 6.55. The highest BCUT2D eigenvalue weighted by Crippen LogP contribution is 2.36. The fourth-order valence-corrected chi connectivity index (χ4v) is 5.92. The number of sulfonamides is 1. The maximum Gasteiger partial charge on any atom is 0.246 e. The summed E-state index contributed by atoms with van der Waals surface area (Å²) in [5.74, 6) is 1.65. The Morgan fingerprint density at radius 3 is 2.83 bits per heavy atom. The maximum atomic E-state index is 13.3. The predicted molar refractivity (Wildman–Crippen MR) is 116 cm³/mol. The molecule has 3 heterocycles. The largest absolute Gasteiger partial charge is 0.495 e. The normalized spacial score (nSPS) is 17.8. The van der Waals surface area contributed by atoms with Gasteiger partial charge in [0.1, 0.15) is 16.5 Å². The molecule has 0 bridgehead atoms. The van der Waals surface area contributed by atoms with Crippen LogP contribution in [0.25, 0.3) is 11.0 Å². The first-order valence-electron chi connectivity index (χ1n) is 9.95. The number of ether oxygens (including phenoxy) is 1. The van der Waals surface area contributed by atoms with Gasteiger partial charge in [0.15, 0.2) is 0 Å². The van der Waals surface area contributed by atoms with Crippen LogP contribution in [0.4, 0.5) is 0 Å². The number of nitrogens with zero attached hydrogens (tertiary/aromatic N) is 4. The van der Waals surface area contributed by atoms with Crippen LogP contribution in [0.15, 0.2) is 41.6 Å². The molecule has 160 valence electrons. The molecule has 0 amide bonds. The lowest BCUT2D eigenvalue weighted by Crippen LogP contribution is -2.29. The smallest absolute Gasteiger partial charge is 0.246 e. The number of hydrogen-bond acceptors (Lipinski definition) is 5. The Morgan fingerprint density at radius 2 is 2.10 bits per heavy atom. The minimum absolute atomic E-state index is 0.0103. The van der Waals surface area contributed by atoms with E-state index < -0.39 is 10.0 Å². The lowest BCUT2D eigenvalue weighted by Gasteiger charge is -2.19. The molecule has 7 nitrogen and oxygen atoms in total. The minimum Gasteiger partial charge on any atom is -0.495 e. The molecule has 1 aliphatic rings. The van der Waals surface area contributed by atoms with Gasteiger partial charge >= 0.3 is 0 Å². The number of imidazole rings is 1. The second-order valence-corrected chi connectivity index (χ2v) is 10.3. The number of pyridine rings is 1. The third kappa shape index (κ3) is 3.79. The molecule has 3 aromatic rings. The summed E-state index contributed by atoms with van der Waals surface area (Å²) in [7, 11) is -2.28. The van der Waals surface area contributed by atoms with Crippen LogP contribution >= 0.6 is 11.6 Å². The summed E-state index contributed by atoms with van der Waals surface area (Å²) >= 11 is 6.07. The number of methoxy groups -OCH3 is 1. The summed E-state index contributed by atoms with van der Waals surface area (Å²) in [6.07, 6.45) is 4.27. The van der Waals surface area contributed by atoms with Crippen molar-refractivity contribution >= 4 is 32.7 Å². The third-order valence-electron chi connectivity index (χ3n) is 5.39. The van der Waals surface area contributed by atoms with Crippen molar-refractivity contribution in [3.05, 3.63) is 47.5 Å². The quantitative estimate of drug-likeness (QED) is 0.571. The average molecular weight is 449 g/mol. The Morgan fingerprint density at radius 1 is 1.30 bits per heavy atom. The van der Waals surface area contributed by atoms with Gasteiger partial charge in [-0.25, -0.2) is 13.4 Å². The standard InChI is InChI=1S/C21H25ClN4O3S/c1-14(2)12-26-18-11-23-8-6-17(18)24-21(26)15-7-9-25(13-15)30(27,28)20-10-16(22)4-5-19(20)29-3/h4-6,8,10-11,14-15H,7,9,12-13H2,1-3H3/t15-/m0/s1. The van der Waals surface area contributed by atoms with Crippen molar-refractivity contribution in [3.8, 4) is 5.75 Å². The van der Waals surface area contributed by atoms with Gasteiger partial charge in [0.05, 0.1) is 24.3 Å². The first-order valence-corrected chi connectivity index (χ1v) is 11.8. The van der Waals surface area contributed by atoms with Crippen LogP contribution in [0, 0.1) is 5.92 Å². The van der Waals surface area contributed by atoms with Gasteiger partial charge in [-0.2, -0.15) is 4.31 Å². The fourth-order valence-electron chi connectivity index (χ4n) is 4.01. The molecule has 4 rings (SSSR count). The van der Waals surface area contributed by atoms with Gasteiger partial charge in [-0.05, 0) is 36.6 Å². The number of benzene rings is 1. The zero-order chi connectivity index (χ0) is 21.5. The van der Waals surface area contributed by atoms with E-state index in [0.717, 1.165) is 23.4 Å². The Kier molecular flexibility index (Phi) is 5.74. The second kappa shape index (κ2) is 8.17. The van der Waals surface area contributed by atoms with Crippen LogP contribution in [-0.2, 0) is 16.6 Å². The predicted octanol–water partition coefficient (Wildman–Crippen LogP) is 3.93. The van der Waals surface area contributed by atoms with Gasteiger partial charge in [-0.3, -0.25) is 4.98 Å². The third-order valence-corrected chi connectivity index (χ3v) is 7.51. The molecular formula is C21H25ClN4O3S. The van der Waals surface area contributed by atoms with Crippen LogP contribution in [0.2, 0.25) is 5.02 Å². The van der Waals surface area contributed by atoms with Crippen molar-refractivity contribution in [2.24, 2.45) is 5.92 Å². The summed E-state index contributed by atoms with van der Waals surface area (Å²) in [6.45, 7) is 5.91. The highest BCUT2D eigenvalue weighted by molar-refractivity contribution is 7.89. The van der Waals surface area contributed by atoms with Gasteiger partial charge in [0, 0.05) is 36.8 Å². The minimum atomic E-state index is -3.74. The van der Waals surface area contributed by atoms with E-state index in [0.29, 0.717) is 36.2 Å². The maximum absolute atomic E-state index is 13.3. The van der Waals surface area contributed by atoms with Gasteiger partial charge < -0.3 is 9.30 Å². The van der Waals surface area contributed by atoms with E-state index >= 15 is 0 Å². The van der Waals surface area contributed by atoms with E-state index in [1.807, 2.05) is 12.3 Å². The fraction of sp³-hybridized carbons (Fsp3) is 0.429. The molecule has 30 heavy (non-hydrogen) atoms. The van der Waals surface area contributed by atoms with E-state index in [2.05, 4.69) is 23.4 Å². The Bertz CT molecular complexity index is 1180. The number of rotatable bonds is 6. The van der Waals surface area contributed by atoms with Crippen LogP contribution in [0.5, 0.6) is 5.75 Å². The van der Waals surface area contributed by atoms with Crippen LogP contribution in [-0.4, -0.2) is 47.5 Å². The number of halogens is 1. The van der Waals surface area contributed by atoms with E-state index in [9.17, 15) is 8.42 Å². The van der Waals surface area contributed by atoms with Gasteiger partial charge in [0.25, 0.3) is 0 Å². The molecule has 2 aromatic heterocycles. The van der Waals surface area contributed by atoms with E-state index in [1.165, 1.54) is 17.5 Å². The van der Waals surface area contributed by atoms with Crippen molar-refractivity contribution in [1.82, 2.24) is 18.8 Å². The Hall–Kier alpha value is -2.16.